The first-order valence-electron chi connectivity index (χ1n) is 6.29. The molecule has 18 heavy (non-hydrogen) atoms. The summed E-state index contributed by atoms with van der Waals surface area (Å²) in [5, 5.41) is 0.898. The number of nitrogen functional groups attached to an aromatic ring is 1. The highest BCUT2D eigenvalue weighted by molar-refractivity contribution is 7.99. The predicted molar refractivity (Wildman–Crippen MR) is 74.5 cm³/mol. The van der Waals surface area contributed by atoms with Crippen molar-refractivity contribution < 1.29 is 4.79 Å². The van der Waals surface area contributed by atoms with Crippen molar-refractivity contribution in [2.24, 2.45) is 0 Å². The molecule has 1 aromatic heterocycles. The number of thioether (sulfide) groups is 1. The molecule has 1 aliphatic heterocycles. The Morgan fingerprint density at radius 3 is 2.83 bits per heavy atom. The second-order valence-electron chi connectivity index (χ2n) is 4.62. The van der Waals surface area contributed by atoms with Gasteiger partial charge in [-0.3, -0.25) is 4.79 Å². The number of hydrogen-bond acceptors (Lipinski definition) is 4. The normalized spacial score (nSPS) is 15.7. The van der Waals surface area contributed by atoms with E-state index in [1.54, 1.807) is 6.20 Å². The average Bonchev–Trinajstić information content (AvgIpc) is 2.38. The lowest BCUT2D eigenvalue weighted by Gasteiger charge is -2.26. The van der Waals surface area contributed by atoms with Gasteiger partial charge in [-0.05, 0) is 37.8 Å². The van der Waals surface area contributed by atoms with Crippen LogP contribution in [0, 0.1) is 6.92 Å². The van der Waals surface area contributed by atoms with Gasteiger partial charge in [0, 0.05) is 13.1 Å². The number of anilines is 1. The minimum Gasteiger partial charge on any atom is -0.397 e. The van der Waals surface area contributed by atoms with Gasteiger partial charge in [0.15, 0.2) is 0 Å². The standard InChI is InChI=1S/C13H19N3OS/c1-10-7-11(14)8-15-13(10)18-9-12(17)16-5-3-2-4-6-16/h7-8H,2-6,9,14H2,1H3. The lowest BCUT2D eigenvalue weighted by Crippen LogP contribution is -2.36. The van der Waals surface area contributed by atoms with E-state index in [1.807, 2.05) is 17.9 Å². The van der Waals surface area contributed by atoms with Crippen LogP contribution in [0.15, 0.2) is 17.3 Å². The molecule has 1 fully saturated rings. The zero-order chi connectivity index (χ0) is 13.0. The fourth-order valence-corrected chi connectivity index (χ4v) is 2.96. The molecule has 2 heterocycles. The molecule has 0 atom stereocenters. The third-order valence-electron chi connectivity index (χ3n) is 3.09. The highest BCUT2D eigenvalue weighted by Crippen LogP contribution is 2.22. The Hall–Kier alpha value is -1.23. The number of aromatic nitrogens is 1. The van der Waals surface area contributed by atoms with Crippen molar-refractivity contribution in [3.63, 3.8) is 0 Å². The van der Waals surface area contributed by atoms with E-state index in [-0.39, 0.29) is 5.91 Å². The van der Waals surface area contributed by atoms with E-state index in [0.717, 1.165) is 36.5 Å². The maximum atomic E-state index is 12.0. The van der Waals surface area contributed by atoms with Gasteiger partial charge in [-0.15, -0.1) is 0 Å². The molecule has 1 amide bonds. The number of rotatable bonds is 3. The van der Waals surface area contributed by atoms with Crippen LogP contribution >= 0.6 is 11.8 Å². The van der Waals surface area contributed by atoms with Gasteiger partial charge < -0.3 is 10.6 Å². The van der Waals surface area contributed by atoms with E-state index in [0.29, 0.717) is 11.4 Å². The summed E-state index contributed by atoms with van der Waals surface area (Å²) in [7, 11) is 0. The van der Waals surface area contributed by atoms with Crippen molar-refractivity contribution in [2.45, 2.75) is 31.2 Å². The first-order valence-corrected chi connectivity index (χ1v) is 7.28. The molecule has 0 bridgehead atoms. The Balaban J connectivity index is 1.88. The van der Waals surface area contributed by atoms with Gasteiger partial charge in [-0.25, -0.2) is 4.98 Å². The summed E-state index contributed by atoms with van der Waals surface area (Å²) in [6, 6.07) is 1.89. The highest BCUT2D eigenvalue weighted by atomic mass is 32.2. The first kappa shape index (κ1) is 13.2. The van der Waals surface area contributed by atoms with Crippen LogP contribution in [0.4, 0.5) is 5.69 Å². The smallest absolute Gasteiger partial charge is 0.232 e. The topological polar surface area (TPSA) is 59.2 Å². The first-order chi connectivity index (χ1) is 8.66. The van der Waals surface area contributed by atoms with Gasteiger partial charge in [0.25, 0.3) is 0 Å². The van der Waals surface area contributed by atoms with Crippen molar-refractivity contribution in [2.75, 3.05) is 24.6 Å². The molecular weight excluding hydrogens is 246 g/mol. The number of piperidine rings is 1. The SMILES string of the molecule is Cc1cc(N)cnc1SCC(=O)N1CCCCC1. The van der Waals surface area contributed by atoms with Gasteiger partial charge in [-0.2, -0.15) is 0 Å². The Labute approximate surface area is 112 Å². The quantitative estimate of drug-likeness (QED) is 0.850. The third kappa shape index (κ3) is 3.38. The summed E-state index contributed by atoms with van der Waals surface area (Å²) < 4.78 is 0. The van der Waals surface area contributed by atoms with Gasteiger partial charge in [0.1, 0.15) is 0 Å². The van der Waals surface area contributed by atoms with Crippen LogP contribution in [-0.2, 0) is 4.79 Å². The summed E-state index contributed by atoms with van der Waals surface area (Å²) in [6.45, 7) is 3.79. The van der Waals surface area contributed by atoms with Crippen LogP contribution in [0.3, 0.4) is 0 Å². The largest absolute Gasteiger partial charge is 0.397 e. The number of likely N-dealkylation sites (tertiary alicyclic amines) is 1. The molecule has 0 aromatic carbocycles. The fourth-order valence-electron chi connectivity index (χ4n) is 2.10. The van der Waals surface area contributed by atoms with Crippen molar-refractivity contribution in [3.05, 3.63) is 17.8 Å². The fraction of sp³-hybridized carbons (Fsp3) is 0.538. The van der Waals surface area contributed by atoms with Gasteiger partial charge in [0.05, 0.1) is 22.7 Å². The molecule has 4 nitrogen and oxygen atoms in total. The molecule has 0 spiro atoms. The number of amides is 1. The zero-order valence-electron chi connectivity index (χ0n) is 10.7. The number of pyridine rings is 1. The lowest BCUT2D eigenvalue weighted by molar-refractivity contribution is -0.129. The molecule has 0 aliphatic carbocycles. The minimum absolute atomic E-state index is 0.220. The van der Waals surface area contributed by atoms with Gasteiger partial charge >= 0.3 is 0 Å². The molecule has 5 heteroatoms. The van der Waals surface area contributed by atoms with Crippen LogP contribution in [0.25, 0.3) is 0 Å². The van der Waals surface area contributed by atoms with Crippen molar-refractivity contribution in [1.29, 1.82) is 0 Å². The highest BCUT2D eigenvalue weighted by Gasteiger charge is 2.16. The summed E-state index contributed by atoms with van der Waals surface area (Å²) in [5.74, 6) is 0.690. The number of nitrogens with two attached hydrogens (primary N) is 1. The summed E-state index contributed by atoms with van der Waals surface area (Å²) in [4.78, 5) is 18.2. The summed E-state index contributed by atoms with van der Waals surface area (Å²) in [6.07, 6.45) is 5.15. The second kappa shape index (κ2) is 6.09. The summed E-state index contributed by atoms with van der Waals surface area (Å²) >= 11 is 1.50. The Morgan fingerprint density at radius 2 is 2.17 bits per heavy atom. The maximum Gasteiger partial charge on any atom is 0.232 e. The molecule has 0 saturated carbocycles. The molecule has 1 saturated heterocycles. The predicted octanol–water partition coefficient (Wildman–Crippen LogP) is 2.08. The van der Waals surface area contributed by atoms with Crippen LogP contribution in [0.1, 0.15) is 24.8 Å². The average molecular weight is 265 g/mol. The number of carbonyl (C=O) groups excluding carboxylic acids is 1. The molecule has 2 rings (SSSR count). The molecule has 1 aromatic rings. The second-order valence-corrected chi connectivity index (χ2v) is 5.58. The molecule has 98 valence electrons. The molecule has 0 unspecified atom stereocenters. The van der Waals surface area contributed by atoms with E-state index in [2.05, 4.69) is 4.98 Å². The number of hydrogen-bond donors (Lipinski definition) is 1. The van der Waals surface area contributed by atoms with Crippen molar-refractivity contribution in [1.82, 2.24) is 9.88 Å². The molecule has 2 N–H and O–H groups in total. The molecule has 1 aliphatic rings. The monoisotopic (exact) mass is 265 g/mol. The van der Waals surface area contributed by atoms with Crippen LogP contribution < -0.4 is 5.73 Å². The van der Waals surface area contributed by atoms with Crippen LogP contribution in [0.2, 0.25) is 0 Å². The van der Waals surface area contributed by atoms with Gasteiger partial charge in [-0.1, -0.05) is 11.8 Å². The number of carbonyl (C=O) groups is 1. The van der Waals surface area contributed by atoms with Crippen molar-refractivity contribution in [3.8, 4) is 0 Å². The molecule has 0 radical (unpaired) electrons. The summed E-state index contributed by atoms with van der Waals surface area (Å²) in [5.41, 5.74) is 7.35. The number of aryl methyl sites for hydroxylation is 1. The van der Waals surface area contributed by atoms with E-state index >= 15 is 0 Å². The van der Waals surface area contributed by atoms with Crippen LogP contribution in [-0.4, -0.2) is 34.6 Å². The third-order valence-corrected chi connectivity index (χ3v) is 4.18. The van der Waals surface area contributed by atoms with E-state index in [9.17, 15) is 4.79 Å². The lowest BCUT2D eigenvalue weighted by atomic mass is 10.1. The molecular formula is C13H19N3OS. The minimum atomic E-state index is 0.220. The van der Waals surface area contributed by atoms with E-state index < -0.39 is 0 Å². The Kier molecular flexibility index (Phi) is 4.47. The Bertz CT molecular complexity index is 430. The Morgan fingerprint density at radius 1 is 1.44 bits per heavy atom. The maximum absolute atomic E-state index is 12.0. The zero-order valence-corrected chi connectivity index (χ0v) is 11.5. The van der Waals surface area contributed by atoms with E-state index in [4.69, 9.17) is 5.73 Å². The number of nitrogens with zero attached hydrogens (tertiary/aromatic N) is 2. The van der Waals surface area contributed by atoms with Crippen molar-refractivity contribution >= 4 is 23.4 Å². The van der Waals surface area contributed by atoms with Gasteiger partial charge in [0.2, 0.25) is 5.91 Å². The van der Waals surface area contributed by atoms with Crippen LogP contribution in [0.5, 0.6) is 0 Å². The van der Waals surface area contributed by atoms with E-state index in [1.165, 1.54) is 18.2 Å².